The van der Waals surface area contributed by atoms with Crippen molar-refractivity contribution >= 4 is 18.0 Å². The molecule has 0 aliphatic heterocycles. The molecule has 0 aromatic heterocycles. The fourth-order valence-electron chi connectivity index (χ4n) is 4.29. The van der Waals surface area contributed by atoms with E-state index < -0.39 is 11.9 Å². The molecule has 2 aliphatic rings. The van der Waals surface area contributed by atoms with Gasteiger partial charge in [0, 0.05) is 11.8 Å². The van der Waals surface area contributed by atoms with Crippen molar-refractivity contribution in [3.63, 3.8) is 0 Å². The summed E-state index contributed by atoms with van der Waals surface area (Å²) in [4.78, 5) is 24.5. The molecule has 0 saturated heterocycles. The third-order valence-corrected chi connectivity index (χ3v) is 5.58. The maximum absolute atomic E-state index is 12.3. The Balaban J connectivity index is 1.90. The molecule has 1 fully saturated rings. The summed E-state index contributed by atoms with van der Waals surface area (Å²) in [6, 6.07) is 7.76. The number of hydrogen-bond donors (Lipinski definition) is 0. The summed E-state index contributed by atoms with van der Waals surface area (Å²) in [7, 11) is 4.30. The second kappa shape index (κ2) is 7.82. The molecular weight excluding hydrogens is 344 g/mol. The zero-order valence-electron chi connectivity index (χ0n) is 15.8. The highest BCUT2D eigenvalue weighted by atomic mass is 16.5. The van der Waals surface area contributed by atoms with Gasteiger partial charge in [-0.25, -0.2) is 9.59 Å². The third kappa shape index (κ3) is 3.29. The first kappa shape index (κ1) is 19.0. The Kier molecular flexibility index (Phi) is 5.49. The molecule has 1 aromatic carbocycles. The largest absolute Gasteiger partial charge is 0.497 e. The molecule has 142 valence electrons. The second-order valence-corrected chi connectivity index (χ2v) is 6.79. The Bertz CT molecular complexity index is 802. The molecule has 0 amide bonds. The van der Waals surface area contributed by atoms with Gasteiger partial charge in [0.1, 0.15) is 5.75 Å². The van der Waals surface area contributed by atoms with E-state index in [4.69, 9.17) is 14.2 Å². The SMILES string of the molecule is C=C[C@@H]1C[C@H](/C=C/c2ccc(OC)cc2)[C@H]2C(C(=O)OC)=C(C(=O)OC)[C@H]21. The third-order valence-electron chi connectivity index (χ3n) is 5.58. The number of benzene rings is 1. The summed E-state index contributed by atoms with van der Waals surface area (Å²) < 4.78 is 15.0. The zero-order valence-corrected chi connectivity index (χ0v) is 15.8. The molecule has 0 bridgehead atoms. The fourth-order valence-corrected chi connectivity index (χ4v) is 4.29. The van der Waals surface area contributed by atoms with E-state index in [-0.39, 0.29) is 23.7 Å². The standard InChI is InChI=1S/C22H24O5/c1-5-14-12-15(9-6-13-7-10-16(25-2)11-8-13)18-17(14)19(21(23)26-3)20(18)22(24)27-4/h5-11,14-15,17-18H,1,12H2,2-4H3/b9-6+/t14-,15+,17+,18-/m1/s1. The van der Waals surface area contributed by atoms with E-state index in [1.165, 1.54) is 14.2 Å². The average molecular weight is 368 g/mol. The van der Waals surface area contributed by atoms with Crippen LogP contribution in [0, 0.1) is 23.7 Å². The minimum Gasteiger partial charge on any atom is -0.497 e. The van der Waals surface area contributed by atoms with Crippen LogP contribution in [0.5, 0.6) is 5.75 Å². The maximum atomic E-state index is 12.3. The van der Waals surface area contributed by atoms with E-state index in [1.54, 1.807) is 7.11 Å². The lowest BCUT2D eigenvalue weighted by molar-refractivity contribution is -0.142. The van der Waals surface area contributed by atoms with Gasteiger partial charge in [0.2, 0.25) is 0 Å². The lowest BCUT2D eigenvalue weighted by atomic mass is 9.64. The highest BCUT2D eigenvalue weighted by Gasteiger charge is 2.57. The van der Waals surface area contributed by atoms with Gasteiger partial charge in [-0.05, 0) is 36.0 Å². The van der Waals surface area contributed by atoms with Gasteiger partial charge in [-0.15, -0.1) is 6.58 Å². The number of ether oxygens (including phenoxy) is 3. The van der Waals surface area contributed by atoms with Crippen molar-refractivity contribution in [2.24, 2.45) is 23.7 Å². The molecule has 0 unspecified atom stereocenters. The van der Waals surface area contributed by atoms with Gasteiger partial charge in [0.15, 0.2) is 0 Å². The summed E-state index contributed by atoms with van der Waals surface area (Å²) >= 11 is 0. The topological polar surface area (TPSA) is 61.8 Å². The number of rotatable bonds is 6. The molecule has 0 spiro atoms. The van der Waals surface area contributed by atoms with Gasteiger partial charge in [0.05, 0.1) is 32.5 Å². The average Bonchev–Trinajstić information content (AvgIpc) is 2.99. The number of methoxy groups -OCH3 is 3. The summed E-state index contributed by atoms with van der Waals surface area (Å²) in [5.74, 6) is 0.0502. The van der Waals surface area contributed by atoms with Crippen molar-refractivity contribution in [2.45, 2.75) is 6.42 Å². The van der Waals surface area contributed by atoms with E-state index in [1.807, 2.05) is 36.4 Å². The van der Waals surface area contributed by atoms with Crippen molar-refractivity contribution in [1.29, 1.82) is 0 Å². The number of carbonyl (C=O) groups excluding carboxylic acids is 2. The van der Waals surface area contributed by atoms with Crippen LogP contribution in [0.15, 0.2) is 54.1 Å². The number of fused-ring (bicyclic) bond motifs is 1. The molecule has 4 atom stereocenters. The van der Waals surface area contributed by atoms with E-state index in [2.05, 4.69) is 12.7 Å². The lowest BCUT2D eigenvalue weighted by Gasteiger charge is -2.38. The molecule has 0 radical (unpaired) electrons. The molecule has 3 rings (SSSR count). The first-order valence-corrected chi connectivity index (χ1v) is 8.91. The Morgan fingerprint density at radius 1 is 0.963 bits per heavy atom. The molecule has 5 nitrogen and oxygen atoms in total. The fraction of sp³-hybridized carbons (Fsp3) is 0.364. The molecule has 1 saturated carbocycles. The predicted molar refractivity (Wildman–Crippen MR) is 102 cm³/mol. The normalized spacial score (nSPS) is 26.3. The number of allylic oxidation sites excluding steroid dienone is 2. The highest BCUT2D eigenvalue weighted by molar-refractivity contribution is 6.04. The molecule has 27 heavy (non-hydrogen) atoms. The first-order chi connectivity index (χ1) is 13.0. The highest BCUT2D eigenvalue weighted by Crippen LogP contribution is 2.58. The van der Waals surface area contributed by atoms with Gasteiger partial charge in [0.25, 0.3) is 0 Å². The lowest BCUT2D eigenvalue weighted by Crippen LogP contribution is -2.40. The molecular formula is C22H24O5. The van der Waals surface area contributed by atoms with Crippen LogP contribution in [0.1, 0.15) is 12.0 Å². The van der Waals surface area contributed by atoms with Crippen LogP contribution in [-0.2, 0) is 19.1 Å². The summed E-state index contributed by atoms with van der Waals surface area (Å²) in [6.45, 7) is 3.91. The molecule has 2 aliphatic carbocycles. The molecule has 0 N–H and O–H groups in total. The van der Waals surface area contributed by atoms with E-state index in [9.17, 15) is 9.59 Å². The quantitative estimate of drug-likeness (QED) is 0.569. The van der Waals surface area contributed by atoms with Gasteiger partial charge >= 0.3 is 11.9 Å². The van der Waals surface area contributed by atoms with E-state index in [0.29, 0.717) is 11.1 Å². The number of esters is 2. The minimum atomic E-state index is -0.455. The first-order valence-electron chi connectivity index (χ1n) is 8.91. The second-order valence-electron chi connectivity index (χ2n) is 6.79. The van der Waals surface area contributed by atoms with Crippen LogP contribution in [0.3, 0.4) is 0 Å². The Hall–Kier alpha value is -2.82. The van der Waals surface area contributed by atoms with Crippen molar-refractivity contribution in [3.8, 4) is 5.75 Å². The zero-order chi connectivity index (χ0) is 19.6. The summed E-state index contributed by atoms with van der Waals surface area (Å²) in [5, 5.41) is 0. The summed E-state index contributed by atoms with van der Waals surface area (Å²) in [5.41, 5.74) is 1.94. The molecule has 0 heterocycles. The van der Waals surface area contributed by atoms with Crippen LogP contribution < -0.4 is 4.74 Å². The van der Waals surface area contributed by atoms with Crippen molar-refractivity contribution in [1.82, 2.24) is 0 Å². The number of carbonyl (C=O) groups is 2. The van der Waals surface area contributed by atoms with Crippen molar-refractivity contribution in [3.05, 3.63) is 59.7 Å². The van der Waals surface area contributed by atoms with Crippen LogP contribution in [0.25, 0.3) is 6.08 Å². The van der Waals surface area contributed by atoms with Gasteiger partial charge < -0.3 is 14.2 Å². The maximum Gasteiger partial charge on any atom is 0.334 e. The number of hydrogen-bond acceptors (Lipinski definition) is 5. The predicted octanol–water partition coefficient (Wildman–Crippen LogP) is 3.42. The van der Waals surface area contributed by atoms with E-state index >= 15 is 0 Å². The van der Waals surface area contributed by atoms with Gasteiger partial charge in [-0.2, -0.15) is 0 Å². The molecule has 5 heteroatoms. The smallest absolute Gasteiger partial charge is 0.334 e. The van der Waals surface area contributed by atoms with Crippen LogP contribution >= 0.6 is 0 Å². The van der Waals surface area contributed by atoms with Gasteiger partial charge in [-0.1, -0.05) is 30.4 Å². The van der Waals surface area contributed by atoms with Crippen LogP contribution in [0.4, 0.5) is 0 Å². The summed E-state index contributed by atoms with van der Waals surface area (Å²) in [6.07, 6.45) is 6.85. The Labute approximate surface area is 159 Å². The van der Waals surface area contributed by atoms with Crippen molar-refractivity contribution in [2.75, 3.05) is 21.3 Å². The van der Waals surface area contributed by atoms with Gasteiger partial charge in [-0.3, -0.25) is 0 Å². The van der Waals surface area contributed by atoms with Crippen LogP contribution in [0.2, 0.25) is 0 Å². The van der Waals surface area contributed by atoms with Crippen molar-refractivity contribution < 1.29 is 23.8 Å². The minimum absolute atomic E-state index is 0.0467. The monoisotopic (exact) mass is 368 g/mol. The molecule has 1 aromatic rings. The Morgan fingerprint density at radius 3 is 2.00 bits per heavy atom. The van der Waals surface area contributed by atoms with Crippen LogP contribution in [-0.4, -0.2) is 33.3 Å². The van der Waals surface area contributed by atoms with E-state index in [0.717, 1.165) is 17.7 Å². The Morgan fingerprint density at radius 2 is 1.52 bits per heavy atom.